The second kappa shape index (κ2) is 8.34. The molecule has 2 N–H and O–H groups in total. The summed E-state index contributed by atoms with van der Waals surface area (Å²) in [6.45, 7) is 0.166. The van der Waals surface area contributed by atoms with Crippen LogP contribution < -0.4 is 10.1 Å². The van der Waals surface area contributed by atoms with Gasteiger partial charge in [0.25, 0.3) is 0 Å². The third-order valence-corrected chi connectivity index (χ3v) is 5.59. The Balaban J connectivity index is 1.64. The first-order valence-electron chi connectivity index (χ1n) is 10.1. The third-order valence-electron chi connectivity index (χ3n) is 5.59. The van der Waals surface area contributed by atoms with Crippen molar-refractivity contribution in [3.63, 3.8) is 0 Å². The van der Waals surface area contributed by atoms with Crippen molar-refractivity contribution in [2.75, 3.05) is 11.9 Å². The summed E-state index contributed by atoms with van der Waals surface area (Å²) < 4.78 is 58.7. The lowest BCUT2D eigenvalue weighted by molar-refractivity contribution is -0.140. The van der Waals surface area contributed by atoms with Crippen LogP contribution in [0.1, 0.15) is 41.5 Å². The number of benzene rings is 2. The van der Waals surface area contributed by atoms with Crippen molar-refractivity contribution in [1.29, 1.82) is 0 Å². The maximum absolute atomic E-state index is 14.2. The molecular formula is C23H21F4NO3. The molecular weight excluding hydrogens is 414 g/mol. The minimum Gasteiger partial charge on any atom is -0.493 e. The maximum atomic E-state index is 14.2. The number of halogens is 4. The molecule has 0 saturated heterocycles. The molecule has 2 aromatic rings. The topological polar surface area (TPSA) is 58.6 Å². The average Bonchev–Trinajstić information content (AvgIpc) is 2.89. The zero-order chi connectivity index (χ0) is 22.2. The lowest BCUT2D eigenvalue weighted by Gasteiger charge is -2.23. The standard InChI is InChI=1S/C23H21F4NO3/c24-19-11-17-14(4-2-8-31-21(17)12-18(19)23(25,26)27)9-22(30)28-20-5-1-3-13-6-7-15(29)10-16(13)20/h1,3,5,9,11-12,15,29H,2,4,6-8,10H2,(H,28,30). The summed E-state index contributed by atoms with van der Waals surface area (Å²) in [4.78, 5) is 12.7. The first-order valence-corrected chi connectivity index (χ1v) is 10.1. The number of ether oxygens (including phenoxy) is 1. The third kappa shape index (κ3) is 4.58. The van der Waals surface area contributed by atoms with Gasteiger partial charge in [0.1, 0.15) is 11.6 Å². The monoisotopic (exact) mass is 435 g/mol. The van der Waals surface area contributed by atoms with Crippen molar-refractivity contribution in [3.05, 3.63) is 64.5 Å². The van der Waals surface area contributed by atoms with E-state index in [0.29, 0.717) is 49.4 Å². The lowest BCUT2D eigenvalue weighted by atomic mass is 9.88. The second-order valence-corrected chi connectivity index (χ2v) is 7.78. The molecule has 0 radical (unpaired) electrons. The van der Waals surface area contributed by atoms with Crippen LogP contribution in [0.15, 0.2) is 36.4 Å². The summed E-state index contributed by atoms with van der Waals surface area (Å²) in [6, 6.07) is 6.95. The molecule has 1 aliphatic heterocycles. The molecule has 0 fully saturated rings. The molecule has 2 aromatic carbocycles. The van der Waals surface area contributed by atoms with Gasteiger partial charge in [-0.3, -0.25) is 4.79 Å². The quantitative estimate of drug-likeness (QED) is 0.522. The Morgan fingerprint density at radius 2 is 2.03 bits per heavy atom. The molecule has 0 bridgehead atoms. The smallest absolute Gasteiger partial charge is 0.419 e. The Bertz CT molecular complexity index is 1050. The van der Waals surface area contributed by atoms with Crippen LogP contribution in [-0.4, -0.2) is 23.7 Å². The van der Waals surface area contributed by atoms with Gasteiger partial charge in [-0.25, -0.2) is 4.39 Å². The highest BCUT2D eigenvalue weighted by atomic mass is 19.4. The Hall–Kier alpha value is -2.87. The van der Waals surface area contributed by atoms with E-state index < -0.39 is 29.6 Å². The van der Waals surface area contributed by atoms with Crippen LogP contribution in [0.3, 0.4) is 0 Å². The van der Waals surface area contributed by atoms with Crippen LogP contribution in [0.4, 0.5) is 23.2 Å². The molecule has 0 spiro atoms. The lowest BCUT2D eigenvalue weighted by Crippen LogP contribution is -2.21. The molecule has 164 valence electrons. The highest BCUT2D eigenvalue weighted by Crippen LogP contribution is 2.40. The zero-order valence-electron chi connectivity index (χ0n) is 16.6. The van der Waals surface area contributed by atoms with Crippen LogP contribution in [0.25, 0.3) is 5.57 Å². The van der Waals surface area contributed by atoms with Gasteiger partial charge in [-0.2, -0.15) is 13.2 Å². The van der Waals surface area contributed by atoms with Gasteiger partial charge in [0.05, 0.1) is 18.3 Å². The number of fused-ring (bicyclic) bond motifs is 2. The summed E-state index contributed by atoms with van der Waals surface area (Å²) in [5.74, 6) is -1.98. The number of carbonyl (C=O) groups excluding carboxylic acids is 1. The van der Waals surface area contributed by atoms with E-state index in [1.165, 1.54) is 6.08 Å². The first-order chi connectivity index (χ1) is 14.7. The van der Waals surface area contributed by atoms with Crippen LogP contribution >= 0.6 is 0 Å². The number of nitrogens with one attached hydrogen (secondary N) is 1. The molecule has 1 unspecified atom stereocenters. The van der Waals surface area contributed by atoms with Crippen molar-refractivity contribution in [2.45, 2.75) is 44.4 Å². The van der Waals surface area contributed by atoms with Gasteiger partial charge >= 0.3 is 6.18 Å². The number of aliphatic hydroxyl groups is 1. The van der Waals surface area contributed by atoms with E-state index >= 15 is 0 Å². The molecule has 0 aromatic heterocycles. The minimum atomic E-state index is -4.84. The Morgan fingerprint density at radius 3 is 2.81 bits per heavy atom. The van der Waals surface area contributed by atoms with Gasteiger partial charge in [-0.15, -0.1) is 0 Å². The average molecular weight is 435 g/mol. The predicted octanol–water partition coefficient (Wildman–Crippen LogP) is 4.89. The zero-order valence-corrected chi connectivity index (χ0v) is 16.6. The molecule has 31 heavy (non-hydrogen) atoms. The number of rotatable bonds is 2. The number of allylic oxidation sites excluding steroid dienone is 1. The predicted molar refractivity (Wildman–Crippen MR) is 107 cm³/mol. The van der Waals surface area contributed by atoms with Crippen molar-refractivity contribution >= 4 is 17.2 Å². The van der Waals surface area contributed by atoms with Crippen LogP contribution in [0.2, 0.25) is 0 Å². The Labute approximate surface area is 176 Å². The number of amides is 1. The van der Waals surface area contributed by atoms with Gasteiger partial charge in [0.2, 0.25) is 5.91 Å². The van der Waals surface area contributed by atoms with E-state index in [9.17, 15) is 27.5 Å². The number of anilines is 1. The number of aryl methyl sites for hydroxylation is 1. The molecule has 2 aliphatic rings. The van der Waals surface area contributed by atoms with Crippen molar-refractivity contribution in [2.24, 2.45) is 0 Å². The number of carbonyl (C=O) groups is 1. The fourth-order valence-electron chi connectivity index (χ4n) is 4.08. The molecule has 1 amide bonds. The number of hydrogen-bond donors (Lipinski definition) is 2. The summed E-state index contributed by atoms with van der Waals surface area (Å²) in [5.41, 5.74) is 1.67. The summed E-state index contributed by atoms with van der Waals surface area (Å²) >= 11 is 0. The van der Waals surface area contributed by atoms with Gasteiger partial charge < -0.3 is 15.2 Å². The SMILES string of the molecule is O=C(C=C1CCCOc2cc(C(F)(F)F)c(F)cc21)Nc1cccc2c1CC(O)CC2. The first kappa shape index (κ1) is 21.4. The fourth-order valence-corrected chi connectivity index (χ4v) is 4.08. The Kier molecular flexibility index (Phi) is 5.75. The van der Waals surface area contributed by atoms with E-state index in [2.05, 4.69) is 5.32 Å². The number of aliphatic hydroxyl groups excluding tert-OH is 1. The van der Waals surface area contributed by atoms with Gasteiger partial charge in [0.15, 0.2) is 0 Å². The van der Waals surface area contributed by atoms with Crippen molar-refractivity contribution in [1.82, 2.24) is 0 Å². The summed E-state index contributed by atoms with van der Waals surface area (Å²) in [6.07, 6.45) is -1.39. The summed E-state index contributed by atoms with van der Waals surface area (Å²) in [7, 11) is 0. The summed E-state index contributed by atoms with van der Waals surface area (Å²) in [5, 5.41) is 12.8. The van der Waals surface area contributed by atoms with Crippen molar-refractivity contribution in [3.8, 4) is 5.75 Å². The highest BCUT2D eigenvalue weighted by molar-refractivity contribution is 6.04. The molecule has 4 nitrogen and oxygen atoms in total. The van der Waals surface area contributed by atoms with E-state index in [1.54, 1.807) is 6.07 Å². The second-order valence-electron chi connectivity index (χ2n) is 7.78. The van der Waals surface area contributed by atoms with Crippen molar-refractivity contribution < 1.29 is 32.2 Å². The van der Waals surface area contributed by atoms with Crippen LogP contribution in [-0.2, 0) is 23.8 Å². The van der Waals surface area contributed by atoms with Crippen LogP contribution in [0, 0.1) is 5.82 Å². The van der Waals surface area contributed by atoms with E-state index in [-0.39, 0.29) is 17.9 Å². The van der Waals surface area contributed by atoms with Crippen LogP contribution in [0.5, 0.6) is 5.75 Å². The van der Waals surface area contributed by atoms with Gasteiger partial charge in [0, 0.05) is 23.7 Å². The van der Waals surface area contributed by atoms with Gasteiger partial charge in [-0.1, -0.05) is 12.1 Å². The maximum Gasteiger partial charge on any atom is 0.419 e. The fraction of sp³-hybridized carbons (Fsp3) is 0.348. The van der Waals surface area contributed by atoms with E-state index in [4.69, 9.17) is 4.74 Å². The molecule has 1 aliphatic carbocycles. The molecule has 0 saturated carbocycles. The number of alkyl halides is 3. The molecule has 8 heteroatoms. The largest absolute Gasteiger partial charge is 0.493 e. The minimum absolute atomic E-state index is 0.0921. The normalized spacial score (nSPS) is 19.8. The van der Waals surface area contributed by atoms with E-state index in [1.807, 2.05) is 12.1 Å². The molecule has 1 atom stereocenters. The number of hydrogen-bond acceptors (Lipinski definition) is 3. The Morgan fingerprint density at radius 1 is 1.23 bits per heavy atom. The van der Waals surface area contributed by atoms with E-state index in [0.717, 1.165) is 17.2 Å². The molecule has 4 rings (SSSR count). The molecule has 1 heterocycles. The van der Waals surface area contributed by atoms with Gasteiger partial charge in [-0.05, 0) is 60.6 Å². The highest BCUT2D eigenvalue weighted by Gasteiger charge is 2.36.